The van der Waals surface area contributed by atoms with Crippen LogP contribution in [0.4, 0.5) is 4.79 Å². The number of amides is 2. The number of hydrogen-bond donors (Lipinski definition) is 2. The van der Waals surface area contributed by atoms with Crippen LogP contribution in [0.15, 0.2) is 12.2 Å². The maximum atomic E-state index is 12.5. The largest absolute Gasteiger partial charge is 0.444 e. The molecule has 0 radical (unpaired) electrons. The van der Waals surface area contributed by atoms with Gasteiger partial charge in [0.15, 0.2) is 0 Å². The number of carbonyl (C=O) groups excluding carboxylic acids is 2. The molecule has 7 nitrogen and oxygen atoms in total. The second-order valence-corrected chi connectivity index (χ2v) is 9.06. The number of rotatable bonds is 11. The molecule has 1 saturated heterocycles. The van der Waals surface area contributed by atoms with Crippen LogP contribution in [0.5, 0.6) is 0 Å². The zero-order valence-electron chi connectivity index (χ0n) is 19.7. The van der Waals surface area contributed by atoms with Crippen LogP contribution in [-0.2, 0) is 19.0 Å². The first-order chi connectivity index (χ1) is 14.2. The molecular weight excluding hydrogens is 384 g/mol. The molecule has 0 unspecified atom stereocenters. The molecule has 2 amide bonds. The minimum atomic E-state index is -0.617. The number of allylic oxidation sites excluding steroid dienone is 1. The van der Waals surface area contributed by atoms with E-state index >= 15 is 0 Å². The third kappa shape index (κ3) is 10.4. The molecule has 30 heavy (non-hydrogen) atoms. The minimum Gasteiger partial charge on any atom is -0.444 e. The van der Waals surface area contributed by atoms with Crippen molar-refractivity contribution in [3.8, 4) is 0 Å². The van der Waals surface area contributed by atoms with E-state index in [4.69, 9.17) is 14.2 Å². The van der Waals surface area contributed by atoms with E-state index < -0.39 is 11.7 Å². The maximum absolute atomic E-state index is 12.5. The number of alkyl carbamates (subject to hydrolysis) is 1. The number of ether oxygens (including phenoxy) is 3. The van der Waals surface area contributed by atoms with E-state index in [0.29, 0.717) is 6.61 Å². The molecule has 1 fully saturated rings. The van der Waals surface area contributed by atoms with Gasteiger partial charge in [-0.1, -0.05) is 51.7 Å². The Kier molecular flexibility index (Phi) is 12.0. The quantitative estimate of drug-likeness (QED) is 0.386. The summed E-state index contributed by atoms with van der Waals surface area (Å²) in [6, 6.07) is -0.317. The fourth-order valence-electron chi connectivity index (χ4n) is 3.52. The molecule has 0 aromatic heterocycles. The summed E-state index contributed by atoms with van der Waals surface area (Å²) >= 11 is 0. The van der Waals surface area contributed by atoms with Crippen molar-refractivity contribution in [3.63, 3.8) is 0 Å². The second kappa shape index (κ2) is 13.7. The topological polar surface area (TPSA) is 85.9 Å². The first-order valence-electron chi connectivity index (χ1n) is 11.2. The highest BCUT2D eigenvalue weighted by Crippen LogP contribution is 2.23. The summed E-state index contributed by atoms with van der Waals surface area (Å²) in [5, 5.41) is 5.47. The molecule has 7 heteroatoms. The lowest BCUT2D eigenvalue weighted by atomic mass is 9.90. The molecule has 1 aliphatic heterocycles. The third-order valence-corrected chi connectivity index (χ3v) is 5.01. The predicted molar refractivity (Wildman–Crippen MR) is 118 cm³/mol. The van der Waals surface area contributed by atoms with Crippen molar-refractivity contribution in [3.05, 3.63) is 12.2 Å². The van der Waals surface area contributed by atoms with Crippen LogP contribution in [0.1, 0.15) is 73.1 Å². The summed E-state index contributed by atoms with van der Waals surface area (Å²) in [6.45, 7) is 9.99. The Morgan fingerprint density at radius 2 is 1.87 bits per heavy atom. The molecule has 1 aliphatic rings. The van der Waals surface area contributed by atoms with E-state index in [1.54, 1.807) is 27.9 Å². The predicted octanol–water partition coefficient (Wildman–Crippen LogP) is 3.96. The molecule has 174 valence electrons. The molecule has 1 rings (SSSR count). The van der Waals surface area contributed by atoms with Gasteiger partial charge in [0.05, 0.1) is 24.9 Å². The number of carbonyl (C=O) groups is 2. The number of methoxy groups -OCH3 is 1. The number of hydrogen-bond acceptors (Lipinski definition) is 5. The Labute approximate surface area is 182 Å². The third-order valence-electron chi connectivity index (χ3n) is 5.01. The highest BCUT2D eigenvalue weighted by atomic mass is 16.6. The lowest BCUT2D eigenvalue weighted by Gasteiger charge is -2.40. The van der Waals surface area contributed by atoms with Crippen LogP contribution in [0, 0.1) is 5.92 Å². The average molecular weight is 427 g/mol. The van der Waals surface area contributed by atoms with E-state index in [2.05, 4.69) is 23.6 Å². The van der Waals surface area contributed by atoms with Crippen LogP contribution in [0.3, 0.4) is 0 Å². The van der Waals surface area contributed by atoms with Crippen LogP contribution < -0.4 is 10.6 Å². The van der Waals surface area contributed by atoms with E-state index in [1.807, 2.05) is 13.0 Å². The van der Waals surface area contributed by atoms with Gasteiger partial charge in [-0.05, 0) is 33.6 Å². The van der Waals surface area contributed by atoms with Gasteiger partial charge in [-0.2, -0.15) is 0 Å². The lowest BCUT2D eigenvalue weighted by Crippen LogP contribution is -2.59. The van der Waals surface area contributed by atoms with Gasteiger partial charge in [0.2, 0.25) is 5.91 Å². The van der Waals surface area contributed by atoms with Gasteiger partial charge < -0.3 is 24.8 Å². The van der Waals surface area contributed by atoms with Crippen molar-refractivity contribution in [2.75, 3.05) is 20.3 Å². The summed E-state index contributed by atoms with van der Waals surface area (Å²) in [6.07, 6.45) is 10.3. The zero-order chi connectivity index (χ0) is 22.6. The normalized spacial score (nSPS) is 24.6. The standard InChI is InChI=1S/C23H42N2O5/c1-7-8-9-10-11-12-13-14-18-20(21(28-6)17(2)16-29-18)25-19(26)15-24-22(27)30-23(3,4)5/h13-14,17-18,20-21H,7-12,15-16H2,1-6H3,(H,24,27)(H,25,26)/t17-,18-,20-,21-/m0/s1. The maximum Gasteiger partial charge on any atom is 0.408 e. The van der Waals surface area contributed by atoms with Crippen LogP contribution in [0.25, 0.3) is 0 Å². The van der Waals surface area contributed by atoms with Gasteiger partial charge in [-0.3, -0.25) is 4.79 Å². The Morgan fingerprint density at radius 1 is 1.17 bits per heavy atom. The zero-order valence-corrected chi connectivity index (χ0v) is 19.7. The van der Waals surface area contributed by atoms with E-state index in [-0.39, 0.29) is 36.6 Å². The molecule has 0 bridgehead atoms. The van der Waals surface area contributed by atoms with Gasteiger partial charge in [0.1, 0.15) is 12.1 Å². The highest BCUT2D eigenvalue weighted by Gasteiger charge is 2.38. The van der Waals surface area contributed by atoms with Gasteiger partial charge in [-0.25, -0.2) is 4.79 Å². The van der Waals surface area contributed by atoms with Gasteiger partial charge in [-0.15, -0.1) is 0 Å². The lowest BCUT2D eigenvalue weighted by molar-refractivity contribution is -0.131. The fourth-order valence-corrected chi connectivity index (χ4v) is 3.52. The Balaban J connectivity index is 2.59. The molecular formula is C23H42N2O5. The van der Waals surface area contributed by atoms with E-state index in [0.717, 1.165) is 12.8 Å². The Hall–Kier alpha value is -1.60. The van der Waals surface area contributed by atoms with Crippen LogP contribution in [0.2, 0.25) is 0 Å². The summed E-state index contributed by atoms with van der Waals surface area (Å²) in [4.78, 5) is 24.2. The molecule has 0 aromatic rings. The molecule has 0 spiro atoms. The summed E-state index contributed by atoms with van der Waals surface area (Å²) in [5.74, 6) is -0.151. The Bertz CT molecular complexity index is 544. The van der Waals surface area contributed by atoms with Crippen molar-refractivity contribution < 1.29 is 23.8 Å². The SMILES string of the molecule is CCCCCCCC=C[C@@H]1OC[C@H](C)[C@H](OC)[C@H]1NC(=O)CNC(=O)OC(C)(C)C. The smallest absolute Gasteiger partial charge is 0.408 e. The average Bonchev–Trinajstić information content (AvgIpc) is 2.66. The molecule has 0 aromatic carbocycles. The summed E-state index contributed by atoms with van der Waals surface area (Å²) in [7, 11) is 1.65. The second-order valence-electron chi connectivity index (χ2n) is 9.06. The summed E-state index contributed by atoms with van der Waals surface area (Å²) in [5.41, 5.74) is -0.610. The molecule has 1 heterocycles. The first kappa shape index (κ1) is 26.4. The monoisotopic (exact) mass is 426 g/mol. The van der Waals surface area contributed by atoms with Crippen LogP contribution >= 0.6 is 0 Å². The van der Waals surface area contributed by atoms with Crippen molar-refractivity contribution in [1.82, 2.24) is 10.6 Å². The molecule has 0 aliphatic carbocycles. The van der Waals surface area contributed by atoms with Gasteiger partial charge >= 0.3 is 6.09 Å². The molecule has 2 N–H and O–H groups in total. The molecule has 0 saturated carbocycles. The van der Waals surface area contributed by atoms with E-state index in [1.165, 1.54) is 25.7 Å². The van der Waals surface area contributed by atoms with Crippen molar-refractivity contribution in [2.45, 2.75) is 97.0 Å². The minimum absolute atomic E-state index is 0.151. The van der Waals surface area contributed by atoms with Crippen molar-refractivity contribution in [1.29, 1.82) is 0 Å². The molecule has 4 atom stereocenters. The Morgan fingerprint density at radius 3 is 2.50 bits per heavy atom. The van der Waals surface area contributed by atoms with Crippen molar-refractivity contribution >= 4 is 12.0 Å². The highest BCUT2D eigenvalue weighted by molar-refractivity contribution is 5.82. The van der Waals surface area contributed by atoms with Gasteiger partial charge in [0.25, 0.3) is 0 Å². The van der Waals surface area contributed by atoms with Crippen molar-refractivity contribution in [2.24, 2.45) is 5.92 Å². The first-order valence-corrected chi connectivity index (χ1v) is 11.2. The van der Waals surface area contributed by atoms with Crippen LogP contribution in [-0.4, -0.2) is 56.1 Å². The number of nitrogens with one attached hydrogen (secondary N) is 2. The fraction of sp³-hybridized carbons (Fsp3) is 0.826. The number of unbranched alkanes of at least 4 members (excludes halogenated alkanes) is 5. The summed E-state index contributed by atoms with van der Waals surface area (Å²) < 4.78 is 16.8. The van der Waals surface area contributed by atoms with Gasteiger partial charge in [0, 0.05) is 13.0 Å². The van der Waals surface area contributed by atoms with E-state index in [9.17, 15) is 9.59 Å².